The van der Waals surface area contributed by atoms with E-state index in [4.69, 9.17) is 0 Å². The van der Waals surface area contributed by atoms with Crippen LogP contribution in [0.1, 0.15) is 19.8 Å². The summed E-state index contributed by atoms with van der Waals surface area (Å²) >= 11 is 0. The van der Waals surface area contributed by atoms with Gasteiger partial charge in [-0.3, -0.25) is 4.18 Å². The van der Waals surface area contributed by atoms with Crippen LogP contribution in [0.5, 0.6) is 0 Å². The van der Waals surface area contributed by atoms with Crippen LogP contribution in [0.2, 0.25) is 0 Å². The van der Waals surface area contributed by atoms with E-state index in [1.807, 2.05) is 6.92 Å². The van der Waals surface area contributed by atoms with Crippen LogP contribution in [0.25, 0.3) is 0 Å². The average molecular weight is 151 g/mol. The second-order valence-electron chi connectivity index (χ2n) is 1.76. The zero-order valence-electron chi connectivity index (χ0n) is 5.62. The molecule has 4 heteroatoms. The summed E-state index contributed by atoms with van der Waals surface area (Å²) in [6, 6.07) is 0. The van der Waals surface area contributed by atoms with Crippen molar-refractivity contribution in [3.05, 3.63) is 6.61 Å². The van der Waals surface area contributed by atoms with Crippen molar-refractivity contribution in [1.29, 1.82) is 0 Å². The Morgan fingerprint density at radius 3 is 2.44 bits per heavy atom. The zero-order valence-corrected chi connectivity index (χ0v) is 6.44. The highest BCUT2D eigenvalue weighted by molar-refractivity contribution is 7.86. The van der Waals surface area contributed by atoms with Crippen LogP contribution in [0, 0.1) is 6.61 Å². The Morgan fingerprint density at radius 1 is 1.56 bits per heavy atom. The van der Waals surface area contributed by atoms with E-state index < -0.39 is 10.1 Å². The second kappa shape index (κ2) is 3.85. The average Bonchev–Trinajstić information content (AvgIpc) is 1.63. The first-order chi connectivity index (χ1) is 4.06. The lowest BCUT2D eigenvalue weighted by Gasteiger charge is -1.95. The van der Waals surface area contributed by atoms with Crippen molar-refractivity contribution >= 4 is 10.1 Å². The van der Waals surface area contributed by atoms with E-state index in [1.165, 1.54) is 6.61 Å². The molecule has 0 aliphatic carbocycles. The van der Waals surface area contributed by atoms with Crippen LogP contribution in [-0.2, 0) is 14.3 Å². The van der Waals surface area contributed by atoms with Crippen LogP contribution in [0.3, 0.4) is 0 Å². The van der Waals surface area contributed by atoms with Crippen molar-refractivity contribution < 1.29 is 12.6 Å². The lowest BCUT2D eigenvalue weighted by molar-refractivity contribution is 0.384. The van der Waals surface area contributed by atoms with E-state index in [1.54, 1.807) is 0 Å². The molecule has 3 nitrogen and oxygen atoms in total. The summed E-state index contributed by atoms with van der Waals surface area (Å²) < 4.78 is 24.8. The summed E-state index contributed by atoms with van der Waals surface area (Å²) in [7, 11) is -3.25. The molecule has 55 valence electrons. The minimum absolute atomic E-state index is 0.674. The van der Waals surface area contributed by atoms with Crippen LogP contribution in [0.15, 0.2) is 0 Å². The number of hydrogen-bond donors (Lipinski definition) is 0. The van der Waals surface area contributed by atoms with Crippen LogP contribution < -0.4 is 0 Å². The first kappa shape index (κ1) is 8.91. The normalized spacial score (nSPS) is 11.8. The number of hydrogen-bond acceptors (Lipinski definition) is 3. The molecule has 0 N–H and O–H groups in total. The topological polar surface area (TPSA) is 43.4 Å². The Balaban J connectivity index is 3.30. The van der Waals surface area contributed by atoms with E-state index in [0.717, 1.165) is 12.7 Å². The molecule has 0 heterocycles. The summed E-state index contributed by atoms with van der Waals surface area (Å²) in [5.41, 5.74) is 0. The van der Waals surface area contributed by atoms with Crippen LogP contribution >= 0.6 is 0 Å². The molecule has 0 unspecified atom stereocenters. The minimum Gasteiger partial charge on any atom is -0.264 e. The highest BCUT2D eigenvalue weighted by atomic mass is 32.2. The van der Waals surface area contributed by atoms with Gasteiger partial charge in [-0.25, -0.2) is 0 Å². The molecule has 0 aliphatic heterocycles. The van der Waals surface area contributed by atoms with Crippen molar-refractivity contribution in [2.75, 3.05) is 6.26 Å². The molecule has 9 heavy (non-hydrogen) atoms. The molecule has 0 aromatic heterocycles. The number of unbranched alkanes of at least 4 members (excludes halogenated alkanes) is 1. The van der Waals surface area contributed by atoms with E-state index in [-0.39, 0.29) is 0 Å². The first-order valence-corrected chi connectivity index (χ1v) is 4.58. The Kier molecular flexibility index (Phi) is 3.81. The van der Waals surface area contributed by atoms with Crippen molar-refractivity contribution in [3.63, 3.8) is 0 Å². The molecule has 0 saturated heterocycles. The predicted molar refractivity (Wildman–Crippen MR) is 35.1 cm³/mol. The van der Waals surface area contributed by atoms with Gasteiger partial charge in [0.05, 0.1) is 6.26 Å². The maximum Gasteiger partial charge on any atom is 0.264 e. The molecular formula is C5H11O3S. The SMILES string of the molecule is CCC[CH]OS(C)(=O)=O. The highest BCUT2D eigenvalue weighted by Gasteiger charge is 1.98. The fourth-order valence-electron chi connectivity index (χ4n) is 0.290. The summed E-state index contributed by atoms with van der Waals surface area (Å²) in [5.74, 6) is 0. The predicted octanol–water partition coefficient (Wildman–Crippen LogP) is 0.924. The molecule has 1 radical (unpaired) electrons. The van der Waals surface area contributed by atoms with Gasteiger partial charge in [0, 0.05) is 0 Å². The van der Waals surface area contributed by atoms with E-state index in [9.17, 15) is 8.42 Å². The molecule has 0 rings (SSSR count). The van der Waals surface area contributed by atoms with Gasteiger partial charge in [0.15, 0.2) is 0 Å². The lowest BCUT2D eigenvalue weighted by Crippen LogP contribution is -1.99. The van der Waals surface area contributed by atoms with Gasteiger partial charge >= 0.3 is 0 Å². The third-order valence-corrected chi connectivity index (χ3v) is 1.14. The van der Waals surface area contributed by atoms with Gasteiger partial charge in [0.2, 0.25) is 0 Å². The standard InChI is InChI=1S/C5H11O3S/c1-3-4-5-8-9(2,6)7/h5H,3-4H2,1-2H3. The molecule has 0 atom stereocenters. The van der Waals surface area contributed by atoms with Gasteiger partial charge in [-0.05, 0) is 6.42 Å². The largest absolute Gasteiger partial charge is 0.264 e. The van der Waals surface area contributed by atoms with E-state index >= 15 is 0 Å². The Labute approximate surface area is 56.1 Å². The highest BCUT2D eigenvalue weighted by Crippen LogP contribution is 1.97. The quantitative estimate of drug-likeness (QED) is 0.443. The second-order valence-corrected chi connectivity index (χ2v) is 3.36. The van der Waals surface area contributed by atoms with Gasteiger partial charge in [-0.2, -0.15) is 8.42 Å². The third kappa shape index (κ3) is 7.91. The fourth-order valence-corrected chi connectivity index (χ4v) is 0.633. The van der Waals surface area contributed by atoms with E-state index in [2.05, 4.69) is 4.18 Å². The smallest absolute Gasteiger partial charge is 0.264 e. The van der Waals surface area contributed by atoms with Gasteiger partial charge in [0.25, 0.3) is 10.1 Å². The van der Waals surface area contributed by atoms with Crippen LogP contribution in [0.4, 0.5) is 0 Å². The van der Waals surface area contributed by atoms with Crippen molar-refractivity contribution in [2.45, 2.75) is 19.8 Å². The molecule has 0 bridgehead atoms. The van der Waals surface area contributed by atoms with Gasteiger partial charge in [0.1, 0.15) is 6.61 Å². The maximum atomic E-state index is 10.3. The first-order valence-electron chi connectivity index (χ1n) is 2.76. The van der Waals surface area contributed by atoms with Gasteiger partial charge in [-0.1, -0.05) is 13.3 Å². The molecule has 0 fully saturated rings. The Morgan fingerprint density at radius 2 is 2.11 bits per heavy atom. The molecule has 0 saturated carbocycles. The molecule has 0 aliphatic rings. The maximum absolute atomic E-state index is 10.3. The monoisotopic (exact) mass is 151 g/mol. The molecular weight excluding hydrogens is 140 g/mol. The summed E-state index contributed by atoms with van der Waals surface area (Å²) in [5, 5.41) is 0. The van der Waals surface area contributed by atoms with Crippen LogP contribution in [-0.4, -0.2) is 14.7 Å². The molecule has 0 amide bonds. The lowest BCUT2D eigenvalue weighted by atomic mass is 10.4. The molecule has 0 spiro atoms. The van der Waals surface area contributed by atoms with Gasteiger partial charge < -0.3 is 0 Å². The molecule has 0 aromatic carbocycles. The fraction of sp³-hybridized carbons (Fsp3) is 0.800. The summed E-state index contributed by atoms with van der Waals surface area (Å²) in [4.78, 5) is 0. The minimum atomic E-state index is -3.25. The molecule has 0 aromatic rings. The summed E-state index contributed by atoms with van der Waals surface area (Å²) in [6.07, 6.45) is 2.60. The summed E-state index contributed by atoms with van der Waals surface area (Å²) in [6.45, 7) is 3.25. The zero-order chi connectivity index (χ0) is 7.33. The van der Waals surface area contributed by atoms with Gasteiger partial charge in [-0.15, -0.1) is 0 Å². The van der Waals surface area contributed by atoms with Crippen molar-refractivity contribution in [2.24, 2.45) is 0 Å². The van der Waals surface area contributed by atoms with E-state index in [0.29, 0.717) is 6.42 Å². The third-order valence-electron chi connectivity index (χ3n) is 0.649. The Hall–Kier alpha value is -0.0900. The Bertz CT molecular complexity index is 148. The van der Waals surface area contributed by atoms with Crippen molar-refractivity contribution in [3.8, 4) is 0 Å². The number of rotatable bonds is 4. The van der Waals surface area contributed by atoms with Crippen molar-refractivity contribution in [1.82, 2.24) is 0 Å².